The quantitative estimate of drug-likeness (QED) is 0.655. The number of carbonyl (C=O) groups excluding carboxylic acids is 1. The van der Waals surface area contributed by atoms with E-state index < -0.39 is 0 Å². The lowest BCUT2D eigenvalue weighted by Gasteiger charge is -2.43. The molecule has 3 aromatic rings. The van der Waals surface area contributed by atoms with Crippen molar-refractivity contribution in [3.05, 3.63) is 54.0 Å². The molecule has 0 atom stereocenters. The average Bonchev–Trinajstić information content (AvgIpc) is 3.18. The van der Waals surface area contributed by atoms with Crippen LogP contribution in [0.1, 0.15) is 30.5 Å². The summed E-state index contributed by atoms with van der Waals surface area (Å²) in [6.45, 7) is 3.72. The summed E-state index contributed by atoms with van der Waals surface area (Å²) in [4.78, 5) is 17.2. The van der Waals surface area contributed by atoms with E-state index in [1.165, 1.54) is 22.4 Å². The molecule has 2 aliphatic rings. The summed E-state index contributed by atoms with van der Waals surface area (Å²) in [6.07, 6.45) is 8.68. The minimum absolute atomic E-state index is 0.0976. The van der Waals surface area contributed by atoms with Crippen LogP contribution in [0.2, 0.25) is 0 Å². The maximum absolute atomic E-state index is 11.0. The molecule has 0 saturated carbocycles. The molecule has 0 N–H and O–H groups in total. The highest BCUT2D eigenvalue weighted by Gasteiger charge is 2.39. The van der Waals surface area contributed by atoms with Gasteiger partial charge in [0, 0.05) is 49.6 Å². The summed E-state index contributed by atoms with van der Waals surface area (Å²) < 4.78 is 8.60. The summed E-state index contributed by atoms with van der Waals surface area (Å²) in [5, 5.41) is 0. The van der Waals surface area contributed by atoms with Crippen LogP contribution in [0.4, 0.5) is 0 Å². The second kappa shape index (κ2) is 6.12. The monoisotopic (exact) mass is 361 g/mol. The number of pyridine rings is 1. The third kappa shape index (κ3) is 2.69. The van der Waals surface area contributed by atoms with Crippen LogP contribution >= 0.6 is 0 Å². The van der Waals surface area contributed by atoms with Crippen LogP contribution in [0.25, 0.3) is 16.8 Å². The van der Waals surface area contributed by atoms with Gasteiger partial charge in [-0.1, -0.05) is 6.07 Å². The van der Waals surface area contributed by atoms with Gasteiger partial charge in [-0.2, -0.15) is 0 Å². The van der Waals surface area contributed by atoms with E-state index >= 15 is 0 Å². The van der Waals surface area contributed by atoms with Gasteiger partial charge in [-0.25, -0.2) is 4.98 Å². The Morgan fingerprint density at radius 3 is 2.81 bits per heavy atom. The number of nitrogens with zero attached hydrogens (tertiary/aromatic N) is 3. The highest BCUT2D eigenvalue weighted by molar-refractivity contribution is 5.70. The number of rotatable bonds is 2. The predicted molar refractivity (Wildman–Crippen MR) is 104 cm³/mol. The Morgan fingerprint density at radius 2 is 2.00 bits per heavy atom. The number of hydrogen-bond acceptors (Lipinski definition) is 3. The number of hydrogen-bond donors (Lipinski definition) is 0. The molecule has 138 valence electrons. The van der Waals surface area contributed by atoms with Crippen LogP contribution < -0.4 is 4.74 Å². The fourth-order valence-electron chi connectivity index (χ4n) is 4.51. The molecular weight excluding hydrogens is 338 g/mol. The molecule has 0 radical (unpaired) electrons. The maximum atomic E-state index is 11.0. The van der Waals surface area contributed by atoms with Crippen LogP contribution in [0.5, 0.6) is 5.75 Å². The molecule has 27 heavy (non-hydrogen) atoms. The number of aryl methyl sites for hydroxylation is 2. The van der Waals surface area contributed by atoms with Crippen molar-refractivity contribution < 1.29 is 9.53 Å². The number of piperidine rings is 1. The van der Waals surface area contributed by atoms with E-state index in [9.17, 15) is 4.79 Å². The Morgan fingerprint density at radius 1 is 1.15 bits per heavy atom. The molecule has 0 unspecified atom stereocenters. The third-order valence-electron chi connectivity index (χ3n) is 6.23. The van der Waals surface area contributed by atoms with E-state index in [-0.39, 0.29) is 5.60 Å². The number of imidazole rings is 1. The number of benzene rings is 1. The van der Waals surface area contributed by atoms with E-state index in [0.717, 1.165) is 56.6 Å². The van der Waals surface area contributed by atoms with Gasteiger partial charge in [-0.15, -0.1) is 0 Å². The standard InChI is InChI=1S/C22H23N3O2/c1-16-19(3-5-21-23-10-13-25(16)21)17-2-4-20-18(14-17)6-7-22(27-20)8-11-24(15-26)12-9-22/h2-5,10,13-15H,6-9,11-12H2,1H3. The van der Waals surface area contributed by atoms with Gasteiger partial charge in [0.15, 0.2) is 0 Å². The summed E-state index contributed by atoms with van der Waals surface area (Å²) in [6, 6.07) is 10.8. The first-order valence-electron chi connectivity index (χ1n) is 9.62. The van der Waals surface area contributed by atoms with E-state index in [4.69, 9.17) is 4.74 Å². The molecule has 5 rings (SSSR count). The van der Waals surface area contributed by atoms with Crippen molar-refractivity contribution in [3.8, 4) is 16.9 Å². The normalized spacial score (nSPS) is 18.3. The molecule has 4 heterocycles. The minimum atomic E-state index is -0.0976. The Hall–Kier alpha value is -2.82. The fraction of sp³-hybridized carbons (Fsp3) is 0.364. The SMILES string of the molecule is Cc1c(-c2ccc3c(c2)CCC2(CCN(C=O)CC2)O3)ccc2nccn12. The average molecular weight is 361 g/mol. The van der Waals surface area contributed by atoms with Crippen molar-refractivity contribution >= 4 is 12.1 Å². The van der Waals surface area contributed by atoms with Crippen LogP contribution in [0.15, 0.2) is 42.7 Å². The van der Waals surface area contributed by atoms with Crippen molar-refractivity contribution in [2.75, 3.05) is 13.1 Å². The van der Waals surface area contributed by atoms with E-state index in [0.29, 0.717) is 0 Å². The molecule has 1 fully saturated rings. The second-order valence-corrected chi connectivity index (χ2v) is 7.74. The first-order chi connectivity index (χ1) is 13.2. The zero-order valence-electron chi connectivity index (χ0n) is 15.5. The molecule has 1 saturated heterocycles. The maximum Gasteiger partial charge on any atom is 0.209 e. The molecule has 0 aliphatic carbocycles. The molecule has 0 bridgehead atoms. The molecule has 1 amide bonds. The van der Waals surface area contributed by atoms with E-state index in [2.05, 4.69) is 46.6 Å². The Bertz CT molecular complexity index is 1020. The summed E-state index contributed by atoms with van der Waals surface area (Å²) in [5.41, 5.74) is 5.79. The van der Waals surface area contributed by atoms with Gasteiger partial charge in [0.1, 0.15) is 17.0 Å². The van der Waals surface area contributed by atoms with Crippen LogP contribution in [-0.4, -0.2) is 39.4 Å². The van der Waals surface area contributed by atoms with Gasteiger partial charge >= 0.3 is 0 Å². The number of ether oxygens (including phenoxy) is 1. The summed E-state index contributed by atoms with van der Waals surface area (Å²) in [7, 11) is 0. The number of likely N-dealkylation sites (tertiary alicyclic amines) is 1. The van der Waals surface area contributed by atoms with Crippen molar-refractivity contribution in [3.63, 3.8) is 0 Å². The Labute approximate surface area is 158 Å². The summed E-state index contributed by atoms with van der Waals surface area (Å²) in [5.74, 6) is 1.01. The smallest absolute Gasteiger partial charge is 0.209 e. The highest BCUT2D eigenvalue weighted by atomic mass is 16.5. The van der Waals surface area contributed by atoms with Gasteiger partial charge in [0.2, 0.25) is 6.41 Å². The summed E-state index contributed by atoms with van der Waals surface area (Å²) >= 11 is 0. The molecule has 2 aliphatic heterocycles. The fourth-order valence-corrected chi connectivity index (χ4v) is 4.51. The molecule has 1 aromatic carbocycles. The lowest BCUT2D eigenvalue weighted by atomic mass is 9.82. The van der Waals surface area contributed by atoms with Gasteiger partial charge < -0.3 is 14.0 Å². The van der Waals surface area contributed by atoms with Crippen molar-refractivity contribution in [1.82, 2.24) is 14.3 Å². The van der Waals surface area contributed by atoms with Gasteiger partial charge in [-0.05, 0) is 55.2 Å². The van der Waals surface area contributed by atoms with Crippen molar-refractivity contribution in [2.24, 2.45) is 0 Å². The predicted octanol–water partition coefficient (Wildman–Crippen LogP) is 3.63. The lowest BCUT2D eigenvalue weighted by Crippen LogP contribution is -2.49. The number of carbonyl (C=O) groups is 1. The zero-order chi connectivity index (χ0) is 18.4. The minimum Gasteiger partial charge on any atom is -0.487 e. The van der Waals surface area contributed by atoms with Gasteiger partial charge in [0.05, 0.1) is 0 Å². The second-order valence-electron chi connectivity index (χ2n) is 7.74. The number of amides is 1. The number of fused-ring (bicyclic) bond motifs is 2. The number of aromatic nitrogens is 2. The van der Waals surface area contributed by atoms with Crippen LogP contribution in [-0.2, 0) is 11.2 Å². The van der Waals surface area contributed by atoms with Crippen LogP contribution in [0, 0.1) is 6.92 Å². The largest absolute Gasteiger partial charge is 0.487 e. The topological polar surface area (TPSA) is 46.8 Å². The molecule has 5 nitrogen and oxygen atoms in total. The first-order valence-corrected chi connectivity index (χ1v) is 9.62. The third-order valence-corrected chi connectivity index (χ3v) is 6.23. The van der Waals surface area contributed by atoms with Gasteiger partial charge in [-0.3, -0.25) is 4.79 Å². The van der Waals surface area contributed by atoms with Crippen molar-refractivity contribution in [1.29, 1.82) is 0 Å². The van der Waals surface area contributed by atoms with E-state index in [1.807, 2.05) is 17.3 Å². The van der Waals surface area contributed by atoms with E-state index in [1.54, 1.807) is 0 Å². The van der Waals surface area contributed by atoms with Gasteiger partial charge in [0.25, 0.3) is 0 Å². The lowest BCUT2D eigenvalue weighted by molar-refractivity contribution is -0.121. The molecule has 5 heteroatoms. The van der Waals surface area contributed by atoms with Crippen molar-refractivity contribution in [2.45, 2.75) is 38.2 Å². The molecule has 2 aromatic heterocycles. The highest BCUT2D eigenvalue weighted by Crippen LogP contribution is 2.41. The zero-order valence-corrected chi connectivity index (χ0v) is 15.5. The Kier molecular flexibility index (Phi) is 3.71. The molecule has 1 spiro atoms. The molecular formula is C22H23N3O2. The first kappa shape index (κ1) is 16.4. The van der Waals surface area contributed by atoms with Crippen LogP contribution in [0.3, 0.4) is 0 Å². The Balaban J connectivity index is 1.45.